The maximum atomic E-state index is 12.7. The zero-order valence-corrected chi connectivity index (χ0v) is 15.4. The first-order valence-corrected chi connectivity index (χ1v) is 8.71. The summed E-state index contributed by atoms with van der Waals surface area (Å²) in [4.78, 5) is 37.7. The number of likely N-dealkylation sites (tertiary alicyclic amines) is 1. The van der Waals surface area contributed by atoms with Crippen molar-refractivity contribution in [1.82, 2.24) is 15.5 Å². The molecule has 0 radical (unpaired) electrons. The van der Waals surface area contributed by atoms with Crippen LogP contribution in [-0.2, 0) is 9.59 Å². The van der Waals surface area contributed by atoms with Crippen molar-refractivity contribution in [3.8, 4) is 0 Å². The second kappa shape index (κ2) is 8.79. The monoisotopic (exact) mass is 425 g/mol. The second-order valence-electron chi connectivity index (χ2n) is 5.89. The molecule has 0 aromatic heterocycles. The van der Waals surface area contributed by atoms with Gasteiger partial charge in [-0.3, -0.25) is 14.4 Å². The lowest BCUT2D eigenvalue weighted by atomic mass is 10.1. The van der Waals surface area contributed by atoms with Gasteiger partial charge in [0.2, 0.25) is 11.8 Å². The van der Waals surface area contributed by atoms with Gasteiger partial charge in [-0.2, -0.15) is 13.2 Å². The standard InChI is InChI=1S/C16H16Cl2F3N3O3/c17-9-3-4-11(18)10(6-9)15(27)24-5-1-2-12(24)14(26)22-7-13(25)23-8-16(19,20)21/h3-4,6,12H,1-2,5,7-8H2,(H,22,26)(H,23,25). The van der Waals surface area contributed by atoms with Crippen molar-refractivity contribution in [2.24, 2.45) is 0 Å². The lowest BCUT2D eigenvalue weighted by Crippen LogP contribution is -2.48. The van der Waals surface area contributed by atoms with E-state index in [4.69, 9.17) is 23.2 Å². The summed E-state index contributed by atoms with van der Waals surface area (Å²) in [5, 5.41) is 4.39. The Labute approximate surface area is 163 Å². The molecule has 6 nitrogen and oxygen atoms in total. The minimum absolute atomic E-state index is 0.145. The lowest BCUT2D eigenvalue weighted by molar-refractivity contribution is -0.138. The normalized spacial score (nSPS) is 16.9. The van der Waals surface area contributed by atoms with Gasteiger partial charge in [0.1, 0.15) is 12.6 Å². The van der Waals surface area contributed by atoms with Crippen LogP contribution >= 0.6 is 23.2 Å². The molecule has 1 heterocycles. The van der Waals surface area contributed by atoms with Crippen LogP contribution in [0.5, 0.6) is 0 Å². The van der Waals surface area contributed by atoms with Crippen LogP contribution in [0, 0.1) is 0 Å². The van der Waals surface area contributed by atoms with Gasteiger partial charge in [0.25, 0.3) is 5.91 Å². The molecule has 27 heavy (non-hydrogen) atoms. The van der Waals surface area contributed by atoms with Gasteiger partial charge in [0.05, 0.1) is 17.1 Å². The molecule has 11 heteroatoms. The van der Waals surface area contributed by atoms with Crippen LogP contribution in [-0.4, -0.2) is 54.5 Å². The van der Waals surface area contributed by atoms with Crippen molar-refractivity contribution in [3.05, 3.63) is 33.8 Å². The maximum Gasteiger partial charge on any atom is 0.405 e. The number of carbonyl (C=O) groups is 3. The topological polar surface area (TPSA) is 78.5 Å². The molecule has 1 saturated heterocycles. The third-order valence-electron chi connectivity index (χ3n) is 3.88. The average molecular weight is 426 g/mol. The van der Waals surface area contributed by atoms with Crippen LogP contribution in [0.2, 0.25) is 10.0 Å². The van der Waals surface area contributed by atoms with Gasteiger partial charge in [0, 0.05) is 11.6 Å². The number of hydrogen-bond acceptors (Lipinski definition) is 3. The summed E-state index contributed by atoms with van der Waals surface area (Å²) in [7, 11) is 0. The quantitative estimate of drug-likeness (QED) is 0.759. The van der Waals surface area contributed by atoms with E-state index < -0.39 is 43.0 Å². The first-order valence-electron chi connectivity index (χ1n) is 7.95. The fraction of sp³-hybridized carbons (Fsp3) is 0.438. The molecule has 0 bridgehead atoms. The van der Waals surface area contributed by atoms with Crippen LogP contribution < -0.4 is 10.6 Å². The zero-order valence-electron chi connectivity index (χ0n) is 13.9. The Morgan fingerprint density at radius 3 is 2.56 bits per heavy atom. The van der Waals surface area contributed by atoms with E-state index in [2.05, 4.69) is 5.32 Å². The molecule has 2 rings (SSSR count). The summed E-state index contributed by atoms with van der Waals surface area (Å²) < 4.78 is 36.2. The highest BCUT2D eigenvalue weighted by molar-refractivity contribution is 6.35. The lowest BCUT2D eigenvalue weighted by Gasteiger charge is -2.24. The molecule has 1 unspecified atom stereocenters. The van der Waals surface area contributed by atoms with E-state index >= 15 is 0 Å². The van der Waals surface area contributed by atoms with E-state index in [1.165, 1.54) is 23.1 Å². The summed E-state index contributed by atoms with van der Waals surface area (Å²) in [6, 6.07) is 3.54. The molecule has 1 aliphatic rings. The molecule has 0 aliphatic carbocycles. The summed E-state index contributed by atoms with van der Waals surface area (Å²) >= 11 is 11.9. The summed E-state index contributed by atoms with van der Waals surface area (Å²) in [5.41, 5.74) is 0.145. The van der Waals surface area contributed by atoms with Gasteiger partial charge in [-0.15, -0.1) is 0 Å². The first-order chi connectivity index (χ1) is 12.6. The molecular formula is C16H16Cl2F3N3O3. The Morgan fingerprint density at radius 2 is 1.89 bits per heavy atom. The third kappa shape index (κ3) is 6.00. The van der Waals surface area contributed by atoms with Crippen molar-refractivity contribution in [1.29, 1.82) is 0 Å². The number of alkyl halides is 3. The molecule has 1 aromatic rings. The van der Waals surface area contributed by atoms with Crippen LogP contribution in [0.3, 0.4) is 0 Å². The van der Waals surface area contributed by atoms with E-state index in [-0.39, 0.29) is 10.6 Å². The molecule has 1 fully saturated rings. The Morgan fingerprint density at radius 1 is 1.19 bits per heavy atom. The Kier molecular flexibility index (Phi) is 6.94. The van der Waals surface area contributed by atoms with Crippen LogP contribution in [0.4, 0.5) is 13.2 Å². The molecule has 2 N–H and O–H groups in total. The SMILES string of the molecule is O=C(CNC(=O)C1CCCN1C(=O)c1cc(Cl)ccc1Cl)NCC(F)(F)F. The number of carbonyl (C=O) groups excluding carboxylic acids is 3. The van der Waals surface area contributed by atoms with E-state index in [0.717, 1.165) is 0 Å². The molecule has 3 amide bonds. The Balaban J connectivity index is 1.97. The van der Waals surface area contributed by atoms with E-state index in [1.807, 2.05) is 0 Å². The van der Waals surface area contributed by atoms with Gasteiger partial charge in [-0.1, -0.05) is 23.2 Å². The number of hydrogen-bond donors (Lipinski definition) is 2. The fourth-order valence-electron chi connectivity index (χ4n) is 2.64. The predicted octanol–water partition coefficient (Wildman–Crippen LogP) is 2.39. The summed E-state index contributed by atoms with van der Waals surface area (Å²) in [6.07, 6.45) is -3.62. The van der Waals surface area contributed by atoms with Crippen LogP contribution in [0.25, 0.3) is 0 Å². The predicted molar refractivity (Wildman–Crippen MR) is 92.6 cm³/mol. The number of nitrogens with zero attached hydrogens (tertiary/aromatic N) is 1. The van der Waals surface area contributed by atoms with Gasteiger partial charge in [-0.25, -0.2) is 0 Å². The van der Waals surface area contributed by atoms with Crippen LogP contribution in [0.1, 0.15) is 23.2 Å². The molecule has 0 saturated carbocycles. The number of amides is 3. The average Bonchev–Trinajstić information content (AvgIpc) is 3.08. The first kappa shape index (κ1) is 21.3. The molecule has 148 valence electrons. The van der Waals surface area contributed by atoms with E-state index in [1.54, 1.807) is 5.32 Å². The van der Waals surface area contributed by atoms with Gasteiger partial charge in [0.15, 0.2) is 0 Å². The zero-order chi connectivity index (χ0) is 20.2. The minimum atomic E-state index is -4.54. The highest BCUT2D eigenvalue weighted by Crippen LogP contribution is 2.26. The van der Waals surface area contributed by atoms with Gasteiger partial charge >= 0.3 is 6.18 Å². The Bertz CT molecular complexity index is 743. The van der Waals surface area contributed by atoms with Crippen LogP contribution in [0.15, 0.2) is 18.2 Å². The van der Waals surface area contributed by atoms with Crippen molar-refractivity contribution in [2.45, 2.75) is 25.1 Å². The van der Waals surface area contributed by atoms with Crippen molar-refractivity contribution in [3.63, 3.8) is 0 Å². The summed E-state index contributed by atoms with van der Waals surface area (Å²) in [6.45, 7) is -1.80. The van der Waals surface area contributed by atoms with E-state index in [0.29, 0.717) is 24.4 Å². The Hall–Kier alpha value is -2.00. The van der Waals surface area contributed by atoms with Gasteiger partial charge < -0.3 is 15.5 Å². The number of nitrogens with one attached hydrogen (secondary N) is 2. The van der Waals surface area contributed by atoms with Crippen molar-refractivity contribution < 1.29 is 27.6 Å². The maximum absolute atomic E-state index is 12.7. The smallest absolute Gasteiger partial charge is 0.345 e. The number of benzene rings is 1. The molecule has 0 spiro atoms. The number of halogens is 5. The third-order valence-corrected chi connectivity index (χ3v) is 4.45. The summed E-state index contributed by atoms with van der Waals surface area (Å²) in [5.74, 6) is -2.09. The molecule has 1 aromatic carbocycles. The van der Waals surface area contributed by atoms with Crippen molar-refractivity contribution in [2.75, 3.05) is 19.6 Å². The fourth-order valence-corrected chi connectivity index (χ4v) is 3.02. The molecular weight excluding hydrogens is 410 g/mol. The van der Waals surface area contributed by atoms with Crippen molar-refractivity contribution >= 4 is 40.9 Å². The minimum Gasteiger partial charge on any atom is -0.345 e. The molecule has 1 atom stereocenters. The number of rotatable bonds is 5. The highest BCUT2D eigenvalue weighted by Gasteiger charge is 2.35. The van der Waals surface area contributed by atoms with Gasteiger partial charge in [-0.05, 0) is 31.0 Å². The highest BCUT2D eigenvalue weighted by atomic mass is 35.5. The second-order valence-corrected chi connectivity index (χ2v) is 6.73. The molecule has 1 aliphatic heterocycles. The largest absolute Gasteiger partial charge is 0.405 e. The van der Waals surface area contributed by atoms with E-state index in [9.17, 15) is 27.6 Å².